The summed E-state index contributed by atoms with van der Waals surface area (Å²) in [5.41, 5.74) is 2.60. The summed E-state index contributed by atoms with van der Waals surface area (Å²) in [5, 5.41) is 4.71. The third-order valence-corrected chi connectivity index (χ3v) is 3.77. The van der Waals surface area contributed by atoms with Crippen molar-refractivity contribution in [3.63, 3.8) is 0 Å². The van der Waals surface area contributed by atoms with E-state index in [1.165, 1.54) is 0 Å². The van der Waals surface area contributed by atoms with Gasteiger partial charge in [0.1, 0.15) is 5.15 Å². The maximum atomic E-state index is 5.96. The van der Waals surface area contributed by atoms with E-state index in [0.717, 1.165) is 17.0 Å². The highest BCUT2D eigenvalue weighted by Gasteiger charge is 2.14. The molecule has 4 rings (SSSR count). The van der Waals surface area contributed by atoms with Gasteiger partial charge in [-0.3, -0.25) is 0 Å². The Labute approximate surface area is 136 Å². The van der Waals surface area contributed by atoms with Crippen LogP contribution in [0.5, 0.6) is 0 Å². The molecule has 0 saturated heterocycles. The molecule has 0 saturated carbocycles. The monoisotopic (exact) mass is 325 g/mol. The fourth-order valence-electron chi connectivity index (χ4n) is 2.44. The van der Waals surface area contributed by atoms with Crippen LogP contribution >= 0.6 is 11.6 Å². The van der Waals surface area contributed by atoms with Crippen molar-refractivity contribution in [2.75, 3.05) is 0 Å². The van der Waals surface area contributed by atoms with Gasteiger partial charge in [0.05, 0.1) is 17.9 Å². The zero-order valence-electron chi connectivity index (χ0n) is 12.3. The lowest BCUT2D eigenvalue weighted by Gasteiger charge is -2.05. The molecule has 0 aliphatic carbocycles. The number of hydrogen-bond acceptors (Lipinski definition) is 5. The first-order chi connectivity index (χ1) is 11.2. The predicted molar refractivity (Wildman–Crippen MR) is 85.1 cm³/mol. The Morgan fingerprint density at radius 2 is 1.91 bits per heavy atom. The minimum Gasteiger partial charge on any atom is -0.322 e. The predicted octanol–water partition coefficient (Wildman–Crippen LogP) is 2.39. The molecule has 0 radical (unpaired) electrons. The number of fused-ring (bicyclic) bond motifs is 1. The van der Waals surface area contributed by atoms with Gasteiger partial charge in [-0.05, 0) is 25.1 Å². The first-order valence-corrected chi connectivity index (χ1v) is 7.39. The van der Waals surface area contributed by atoms with Crippen molar-refractivity contribution in [1.82, 2.24) is 34.1 Å². The van der Waals surface area contributed by atoms with Crippen molar-refractivity contribution in [3.8, 4) is 11.6 Å². The summed E-state index contributed by atoms with van der Waals surface area (Å²) in [5.74, 6) is 1.29. The van der Waals surface area contributed by atoms with Crippen molar-refractivity contribution >= 4 is 17.2 Å². The van der Waals surface area contributed by atoms with E-state index in [0.29, 0.717) is 23.3 Å². The largest absolute Gasteiger partial charge is 0.322 e. The second-order valence-electron chi connectivity index (χ2n) is 5.02. The second kappa shape index (κ2) is 5.44. The summed E-state index contributed by atoms with van der Waals surface area (Å²) in [7, 11) is 0. The molecule has 0 aliphatic heterocycles. The first-order valence-electron chi connectivity index (χ1n) is 7.01. The Kier molecular flexibility index (Phi) is 3.27. The zero-order valence-corrected chi connectivity index (χ0v) is 13.0. The molecule has 23 heavy (non-hydrogen) atoms. The number of aryl methyl sites for hydroxylation is 1. The first kappa shape index (κ1) is 13.8. The standard InChI is InChI=1S/C15H12ClN7/c1-10-11(20-13-4-3-12(16)21-23(10)13)9-22-8-7-19-15(22)14-17-5-2-6-18-14/h2-8H,9H2,1H3. The highest BCUT2D eigenvalue weighted by atomic mass is 35.5. The van der Waals surface area contributed by atoms with Crippen LogP contribution in [0.2, 0.25) is 5.15 Å². The molecule has 0 unspecified atom stereocenters. The summed E-state index contributed by atoms with van der Waals surface area (Å²) in [6.07, 6.45) is 7.01. The van der Waals surface area contributed by atoms with Crippen LogP contribution in [0.4, 0.5) is 0 Å². The number of hydrogen-bond donors (Lipinski definition) is 0. The van der Waals surface area contributed by atoms with Crippen LogP contribution in [0.15, 0.2) is 43.0 Å². The summed E-state index contributed by atoms with van der Waals surface area (Å²) in [6, 6.07) is 5.35. The Morgan fingerprint density at radius 1 is 1.09 bits per heavy atom. The molecule has 0 aliphatic rings. The zero-order chi connectivity index (χ0) is 15.8. The lowest BCUT2D eigenvalue weighted by molar-refractivity contribution is 0.769. The summed E-state index contributed by atoms with van der Waals surface area (Å²) >= 11 is 5.96. The third kappa shape index (κ3) is 2.44. The second-order valence-corrected chi connectivity index (χ2v) is 5.41. The highest BCUT2D eigenvalue weighted by Crippen LogP contribution is 2.17. The molecule has 7 nitrogen and oxygen atoms in total. The lowest BCUT2D eigenvalue weighted by Crippen LogP contribution is -2.05. The van der Waals surface area contributed by atoms with Gasteiger partial charge in [-0.2, -0.15) is 5.10 Å². The van der Waals surface area contributed by atoms with E-state index in [2.05, 4.69) is 25.0 Å². The van der Waals surface area contributed by atoms with Crippen LogP contribution in [-0.4, -0.2) is 34.1 Å². The smallest absolute Gasteiger partial charge is 0.195 e. The van der Waals surface area contributed by atoms with Crippen LogP contribution < -0.4 is 0 Å². The molecule has 0 amide bonds. The van der Waals surface area contributed by atoms with E-state index < -0.39 is 0 Å². The van der Waals surface area contributed by atoms with E-state index in [1.54, 1.807) is 35.2 Å². The molecule has 4 aromatic heterocycles. The van der Waals surface area contributed by atoms with E-state index in [-0.39, 0.29) is 0 Å². The van der Waals surface area contributed by atoms with Gasteiger partial charge in [0, 0.05) is 24.8 Å². The van der Waals surface area contributed by atoms with Crippen LogP contribution in [-0.2, 0) is 6.54 Å². The van der Waals surface area contributed by atoms with Crippen LogP contribution in [0.1, 0.15) is 11.4 Å². The van der Waals surface area contributed by atoms with Gasteiger partial charge in [0.15, 0.2) is 17.3 Å². The number of rotatable bonds is 3. The topological polar surface area (TPSA) is 73.8 Å². The Hall–Kier alpha value is -2.80. The molecule has 114 valence electrons. The number of halogens is 1. The van der Waals surface area contributed by atoms with Gasteiger partial charge in [0.25, 0.3) is 0 Å². The Balaban J connectivity index is 1.75. The molecular weight excluding hydrogens is 314 g/mol. The third-order valence-electron chi connectivity index (χ3n) is 3.57. The van der Waals surface area contributed by atoms with Gasteiger partial charge in [-0.15, -0.1) is 0 Å². The van der Waals surface area contributed by atoms with Crippen LogP contribution in [0.3, 0.4) is 0 Å². The van der Waals surface area contributed by atoms with Gasteiger partial charge in [-0.25, -0.2) is 24.5 Å². The summed E-state index contributed by atoms with van der Waals surface area (Å²) in [4.78, 5) is 17.5. The average molecular weight is 326 g/mol. The average Bonchev–Trinajstić information content (AvgIpc) is 3.15. The van der Waals surface area contributed by atoms with Crippen molar-refractivity contribution in [2.24, 2.45) is 0 Å². The van der Waals surface area contributed by atoms with Crippen molar-refractivity contribution in [3.05, 3.63) is 59.5 Å². The quantitative estimate of drug-likeness (QED) is 0.578. The number of aromatic nitrogens is 7. The molecule has 0 atom stereocenters. The molecule has 0 aromatic carbocycles. The van der Waals surface area contributed by atoms with Crippen molar-refractivity contribution in [1.29, 1.82) is 0 Å². The molecule has 0 fully saturated rings. The molecule has 4 aromatic rings. The SMILES string of the molecule is Cc1c(Cn2ccnc2-c2ncccn2)nc2ccc(Cl)nn12. The fourth-order valence-corrected chi connectivity index (χ4v) is 2.57. The molecule has 0 N–H and O–H groups in total. The summed E-state index contributed by atoms with van der Waals surface area (Å²) in [6.45, 7) is 2.52. The van der Waals surface area contributed by atoms with Gasteiger partial charge in [-0.1, -0.05) is 11.6 Å². The molecule has 0 spiro atoms. The van der Waals surface area contributed by atoms with E-state index in [1.807, 2.05) is 23.8 Å². The van der Waals surface area contributed by atoms with E-state index >= 15 is 0 Å². The van der Waals surface area contributed by atoms with Crippen molar-refractivity contribution < 1.29 is 0 Å². The van der Waals surface area contributed by atoms with Crippen LogP contribution in [0, 0.1) is 6.92 Å². The van der Waals surface area contributed by atoms with Gasteiger partial charge < -0.3 is 4.57 Å². The van der Waals surface area contributed by atoms with Crippen LogP contribution in [0.25, 0.3) is 17.3 Å². The minimum atomic E-state index is 0.436. The maximum Gasteiger partial charge on any atom is 0.195 e. The van der Waals surface area contributed by atoms with Crippen molar-refractivity contribution in [2.45, 2.75) is 13.5 Å². The molecular formula is C15H12ClN7. The maximum absolute atomic E-state index is 5.96. The van der Waals surface area contributed by atoms with Gasteiger partial charge in [0.2, 0.25) is 0 Å². The minimum absolute atomic E-state index is 0.436. The van der Waals surface area contributed by atoms with Gasteiger partial charge >= 0.3 is 0 Å². The summed E-state index contributed by atoms with van der Waals surface area (Å²) < 4.78 is 3.71. The Bertz CT molecular complexity index is 974. The number of nitrogens with zero attached hydrogens (tertiary/aromatic N) is 7. The molecule has 8 heteroatoms. The van der Waals surface area contributed by atoms with E-state index in [9.17, 15) is 0 Å². The lowest BCUT2D eigenvalue weighted by atomic mass is 10.3. The molecule has 4 heterocycles. The number of imidazole rings is 2. The molecule has 0 bridgehead atoms. The van der Waals surface area contributed by atoms with E-state index in [4.69, 9.17) is 11.6 Å². The highest BCUT2D eigenvalue weighted by molar-refractivity contribution is 6.29. The fraction of sp³-hybridized carbons (Fsp3) is 0.133. The Morgan fingerprint density at radius 3 is 2.74 bits per heavy atom. The normalized spacial score (nSPS) is 11.2.